The van der Waals surface area contributed by atoms with Crippen LogP contribution < -0.4 is 5.73 Å². The van der Waals surface area contributed by atoms with E-state index in [1.807, 2.05) is 6.92 Å². The lowest BCUT2D eigenvalue weighted by atomic mass is 10.2. The topological polar surface area (TPSA) is 42.2 Å². The highest BCUT2D eigenvalue weighted by atomic mass is 32.1. The van der Waals surface area contributed by atoms with E-state index in [1.165, 1.54) is 0 Å². The molecule has 0 aliphatic heterocycles. The van der Waals surface area contributed by atoms with E-state index >= 15 is 0 Å². The summed E-state index contributed by atoms with van der Waals surface area (Å²) in [5, 5.41) is 3.21. The van der Waals surface area contributed by atoms with Gasteiger partial charge in [-0.15, -0.1) is 11.3 Å². The summed E-state index contributed by atoms with van der Waals surface area (Å²) >= 11 is 6.58. The Hall–Kier alpha value is -0.520. The van der Waals surface area contributed by atoms with Gasteiger partial charge in [-0.05, 0) is 20.9 Å². The molecule has 5 heteroatoms. The van der Waals surface area contributed by atoms with Gasteiger partial charge in [0.2, 0.25) is 0 Å². The number of nitrogens with two attached hydrogens (primary N) is 1. The summed E-state index contributed by atoms with van der Waals surface area (Å²) in [6.45, 7) is 5.00. The summed E-state index contributed by atoms with van der Waals surface area (Å²) in [6, 6.07) is 0.365. The van der Waals surface area contributed by atoms with E-state index in [1.54, 1.807) is 11.3 Å². The van der Waals surface area contributed by atoms with E-state index in [0.29, 0.717) is 11.0 Å². The van der Waals surface area contributed by atoms with Gasteiger partial charge in [-0.3, -0.25) is 4.90 Å². The van der Waals surface area contributed by atoms with Crippen molar-refractivity contribution in [1.29, 1.82) is 0 Å². The van der Waals surface area contributed by atoms with Crippen molar-refractivity contribution in [2.45, 2.75) is 32.9 Å². The van der Waals surface area contributed by atoms with Gasteiger partial charge in [-0.2, -0.15) is 0 Å². The largest absolute Gasteiger partial charge is 0.393 e. The second-order valence-corrected chi connectivity index (χ2v) is 5.38. The van der Waals surface area contributed by atoms with E-state index in [2.05, 4.69) is 29.2 Å². The fourth-order valence-electron chi connectivity index (χ4n) is 1.34. The molecule has 2 N–H and O–H groups in total. The molecule has 84 valence electrons. The van der Waals surface area contributed by atoms with Gasteiger partial charge in [0.05, 0.1) is 15.7 Å². The molecule has 0 saturated heterocycles. The quantitative estimate of drug-likeness (QED) is 0.803. The first-order valence-corrected chi connectivity index (χ1v) is 6.17. The van der Waals surface area contributed by atoms with Gasteiger partial charge in [0.15, 0.2) is 0 Å². The molecule has 0 spiro atoms. The van der Waals surface area contributed by atoms with Crippen molar-refractivity contribution in [2.75, 3.05) is 7.05 Å². The van der Waals surface area contributed by atoms with Gasteiger partial charge in [0.1, 0.15) is 0 Å². The Labute approximate surface area is 100 Å². The average molecular weight is 243 g/mol. The third-order valence-corrected chi connectivity index (χ3v) is 3.32. The van der Waals surface area contributed by atoms with Crippen LogP contribution in [0.15, 0.2) is 5.38 Å². The zero-order valence-electron chi connectivity index (χ0n) is 9.36. The SMILES string of the molecule is Cc1nc(CN(C)C(C)CC(N)=S)cs1. The van der Waals surface area contributed by atoms with Crippen LogP contribution in [0.4, 0.5) is 0 Å². The molecule has 1 heterocycles. The Bertz CT molecular complexity index is 335. The minimum absolute atomic E-state index is 0.365. The van der Waals surface area contributed by atoms with E-state index in [0.717, 1.165) is 23.7 Å². The number of aromatic nitrogens is 1. The zero-order chi connectivity index (χ0) is 11.4. The maximum absolute atomic E-state index is 5.52. The summed E-state index contributed by atoms with van der Waals surface area (Å²) in [5.74, 6) is 0. The van der Waals surface area contributed by atoms with Gasteiger partial charge in [-0.1, -0.05) is 12.2 Å². The van der Waals surface area contributed by atoms with Crippen molar-refractivity contribution in [3.63, 3.8) is 0 Å². The molecule has 1 aromatic rings. The van der Waals surface area contributed by atoms with Crippen molar-refractivity contribution in [3.05, 3.63) is 16.1 Å². The number of hydrogen-bond donors (Lipinski definition) is 1. The Morgan fingerprint density at radius 2 is 2.40 bits per heavy atom. The maximum Gasteiger partial charge on any atom is 0.0897 e. The highest BCUT2D eigenvalue weighted by Gasteiger charge is 2.11. The summed E-state index contributed by atoms with van der Waals surface area (Å²) in [7, 11) is 2.07. The number of rotatable bonds is 5. The molecule has 0 fully saturated rings. The van der Waals surface area contributed by atoms with E-state index < -0.39 is 0 Å². The third-order valence-electron chi connectivity index (χ3n) is 2.33. The lowest BCUT2D eigenvalue weighted by Crippen LogP contribution is -2.32. The summed E-state index contributed by atoms with van der Waals surface area (Å²) in [6.07, 6.45) is 0.759. The third kappa shape index (κ3) is 4.24. The molecule has 1 rings (SSSR count). The second kappa shape index (κ2) is 5.53. The Morgan fingerprint density at radius 1 is 1.73 bits per heavy atom. The fourth-order valence-corrected chi connectivity index (χ4v) is 2.18. The first-order chi connectivity index (χ1) is 6.99. The van der Waals surface area contributed by atoms with Gasteiger partial charge in [0.25, 0.3) is 0 Å². The van der Waals surface area contributed by atoms with Crippen LogP contribution in [0.2, 0.25) is 0 Å². The molecule has 0 radical (unpaired) electrons. The van der Waals surface area contributed by atoms with Crippen molar-refractivity contribution < 1.29 is 0 Å². The second-order valence-electron chi connectivity index (χ2n) is 3.79. The van der Waals surface area contributed by atoms with Crippen LogP contribution in [0.5, 0.6) is 0 Å². The summed E-state index contributed by atoms with van der Waals surface area (Å²) < 4.78 is 0. The molecule has 1 unspecified atom stereocenters. The van der Waals surface area contributed by atoms with Crippen molar-refractivity contribution in [2.24, 2.45) is 5.73 Å². The fraction of sp³-hybridized carbons (Fsp3) is 0.600. The lowest BCUT2D eigenvalue weighted by molar-refractivity contribution is 0.253. The van der Waals surface area contributed by atoms with Crippen molar-refractivity contribution in [1.82, 2.24) is 9.88 Å². The smallest absolute Gasteiger partial charge is 0.0897 e. The van der Waals surface area contributed by atoms with Crippen molar-refractivity contribution in [3.8, 4) is 0 Å². The van der Waals surface area contributed by atoms with Gasteiger partial charge < -0.3 is 5.73 Å². The molecular formula is C10H17N3S2. The Morgan fingerprint density at radius 3 is 2.87 bits per heavy atom. The van der Waals surface area contributed by atoms with Crippen molar-refractivity contribution >= 4 is 28.5 Å². The molecule has 0 bridgehead atoms. The zero-order valence-corrected chi connectivity index (χ0v) is 11.0. The summed E-state index contributed by atoms with van der Waals surface area (Å²) in [4.78, 5) is 7.21. The molecule has 15 heavy (non-hydrogen) atoms. The number of hydrogen-bond acceptors (Lipinski definition) is 4. The van der Waals surface area contributed by atoms with E-state index in [4.69, 9.17) is 18.0 Å². The number of aryl methyl sites for hydroxylation is 1. The molecule has 0 saturated carbocycles. The molecule has 0 amide bonds. The van der Waals surface area contributed by atoms with Crippen LogP contribution in [0, 0.1) is 6.92 Å². The summed E-state index contributed by atoms with van der Waals surface area (Å²) in [5.41, 5.74) is 6.64. The van der Waals surface area contributed by atoms with E-state index in [9.17, 15) is 0 Å². The number of thiazole rings is 1. The molecule has 3 nitrogen and oxygen atoms in total. The minimum Gasteiger partial charge on any atom is -0.393 e. The molecular weight excluding hydrogens is 226 g/mol. The Balaban J connectivity index is 2.47. The van der Waals surface area contributed by atoms with Crippen LogP contribution in [-0.4, -0.2) is 28.0 Å². The maximum atomic E-state index is 5.52. The predicted molar refractivity (Wildman–Crippen MR) is 69.2 cm³/mol. The first-order valence-electron chi connectivity index (χ1n) is 4.88. The molecule has 0 aromatic carbocycles. The first kappa shape index (κ1) is 12.5. The van der Waals surface area contributed by atoms with Gasteiger partial charge >= 0.3 is 0 Å². The van der Waals surface area contributed by atoms with Gasteiger partial charge in [-0.25, -0.2) is 4.98 Å². The molecule has 0 aliphatic rings. The minimum atomic E-state index is 0.365. The van der Waals surface area contributed by atoms with Crippen LogP contribution >= 0.6 is 23.6 Å². The van der Waals surface area contributed by atoms with Crippen LogP contribution in [0.25, 0.3) is 0 Å². The molecule has 0 aliphatic carbocycles. The predicted octanol–water partition coefficient (Wildman–Crippen LogP) is 1.95. The van der Waals surface area contributed by atoms with E-state index in [-0.39, 0.29) is 0 Å². The lowest BCUT2D eigenvalue weighted by Gasteiger charge is -2.23. The standard InChI is InChI=1S/C10H17N3S2/c1-7(4-10(11)14)13(3)5-9-6-15-8(2)12-9/h6-7H,4-5H2,1-3H3,(H2,11,14). The van der Waals surface area contributed by atoms with Crippen LogP contribution in [-0.2, 0) is 6.54 Å². The van der Waals surface area contributed by atoms with Crippen LogP contribution in [0.3, 0.4) is 0 Å². The molecule has 1 aromatic heterocycles. The van der Waals surface area contributed by atoms with Gasteiger partial charge in [0, 0.05) is 24.4 Å². The monoisotopic (exact) mass is 243 g/mol. The molecule has 1 atom stereocenters. The average Bonchev–Trinajstić information content (AvgIpc) is 2.50. The highest BCUT2D eigenvalue weighted by Crippen LogP contribution is 2.12. The number of nitrogens with zero attached hydrogens (tertiary/aromatic N) is 2. The Kier molecular flexibility index (Phi) is 4.63. The van der Waals surface area contributed by atoms with Crippen LogP contribution in [0.1, 0.15) is 24.0 Å². The number of thiocarbonyl (C=S) groups is 1. The normalized spacial score (nSPS) is 13.1. The highest BCUT2D eigenvalue weighted by molar-refractivity contribution is 7.80.